The van der Waals surface area contributed by atoms with Crippen LogP contribution in [0, 0.1) is 5.92 Å². The maximum absolute atomic E-state index is 12.7. The molecule has 1 fully saturated rings. The zero-order valence-corrected chi connectivity index (χ0v) is 15.1. The number of nitrogens with one attached hydrogen (secondary N) is 1. The highest BCUT2D eigenvalue weighted by Gasteiger charge is 2.23. The first-order chi connectivity index (χ1) is 11.6. The van der Waals surface area contributed by atoms with Crippen molar-refractivity contribution in [3.05, 3.63) is 29.8 Å². The van der Waals surface area contributed by atoms with Crippen LogP contribution in [0.25, 0.3) is 0 Å². The molecule has 1 aromatic rings. The molecule has 0 saturated carbocycles. The molecule has 4 heteroatoms. The highest BCUT2D eigenvalue weighted by molar-refractivity contribution is 5.95. The van der Waals surface area contributed by atoms with Gasteiger partial charge in [-0.3, -0.25) is 4.79 Å². The van der Waals surface area contributed by atoms with Crippen LogP contribution in [0.15, 0.2) is 24.3 Å². The third kappa shape index (κ3) is 5.52. The van der Waals surface area contributed by atoms with E-state index in [0.717, 1.165) is 43.6 Å². The van der Waals surface area contributed by atoms with Gasteiger partial charge in [0.1, 0.15) is 0 Å². The number of amides is 1. The van der Waals surface area contributed by atoms with Crippen LogP contribution in [0.3, 0.4) is 0 Å². The molecule has 2 rings (SSSR count). The van der Waals surface area contributed by atoms with Crippen LogP contribution < -0.4 is 5.32 Å². The summed E-state index contributed by atoms with van der Waals surface area (Å²) >= 11 is 0. The molecule has 0 aromatic heterocycles. The third-order valence-electron chi connectivity index (χ3n) is 4.92. The summed E-state index contributed by atoms with van der Waals surface area (Å²) in [5.41, 5.74) is 1.78. The molecule has 0 radical (unpaired) electrons. The number of unbranched alkanes of at least 4 members (excludes halogenated alkanes) is 2. The lowest BCUT2D eigenvalue weighted by Crippen LogP contribution is -2.39. The van der Waals surface area contributed by atoms with Crippen LogP contribution in [0.2, 0.25) is 0 Å². The molecule has 2 N–H and O–H groups in total. The Kier molecular flexibility index (Phi) is 7.57. The van der Waals surface area contributed by atoms with Crippen LogP contribution >= 0.6 is 0 Å². The first-order valence-electron chi connectivity index (χ1n) is 9.40. The van der Waals surface area contributed by atoms with Crippen molar-refractivity contribution in [3.8, 4) is 0 Å². The number of rotatable bonds is 8. The summed E-state index contributed by atoms with van der Waals surface area (Å²) in [7, 11) is 0. The van der Waals surface area contributed by atoms with Crippen molar-refractivity contribution >= 4 is 11.6 Å². The van der Waals surface area contributed by atoms with Gasteiger partial charge in [0, 0.05) is 37.0 Å². The van der Waals surface area contributed by atoms with Gasteiger partial charge in [-0.05, 0) is 50.3 Å². The predicted molar refractivity (Wildman–Crippen MR) is 99.4 cm³/mol. The largest absolute Gasteiger partial charge is 0.396 e. The maximum atomic E-state index is 12.7. The van der Waals surface area contributed by atoms with Gasteiger partial charge in [-0.15, -0.1) is 0 Å². The van der Waals surface area contributed by atoms with Gasteiger partial charge in [-0.1, -0.05) is 32.3 Å². The summed E-state index contributed by atoms with van der Waals surface area (Å²) in [5, 5.41) is 12.7. The molecule has 24 heavy (non-hydrogen) atoms. The maximum Gasteiger partial charge on any atom is 0.253 e. The van der Waals surface area contributed by atoms with E-state index in [1.165, 1.54) is 19.3 Å². The second-order valence-corrected chi connectivity index (χ2v) is 7.04. The summed E-state index contributed by atoms with van der Waals surface area (Å²) in [6.07, 6.45) is 6.70. The van der Waals surface area contributed by atoms with Crippen LogP contribution in [0.5, 0.6) is 0 Å². The van der Waals surface area contributed by atoms with Crippen molar-refractivity contribution in [2.75, 3.05) is 25.0 Å². The van der Waals surface area contributed by atoms with Gasteiger partial charge >= 0.3 is 0 Å². The Hall–Kier alpha value is -1.55. The average Bonchev–Trinajstić information content (AvgIpc) is 2.61. The monoisotopic (exact) mass is 332 g/mol. The minimum atomic E-state index is 0.105. The van der Waals surface area contributed by atoms with Crippen molar-refractivity contribution in [3.63, 3.8) is 0 Å². The number of carbonyl (C=O) groups excluding carboxylic acids is 1. The molecule has 1 aliphatic rings. The number of aliphatic hydroxyl groups excluding tert-OH is 1. The van der Waals surface area contributed by atoms with E-state index in [2.05, 4.69) is 19.2 Å². The van der Waals surface area contributed by atoms with E-state index in [1.807, 2.05) is 29.2 Å². The molecule has 1 heterocycles. The number of benzene rings is 1. The fraction of sp³-hybridized carbons (Fsp3) is 0.650. The topological polar surface area (TPSA) is 52.6 Å². The van der Waals surface area contributed by atoms with Crippen molar-refractivity contribution in [2.24, 2.45) is 5.92 Å². The highest BCUT2D eigenvalue weighted by atomic mass is 16.3. The van der Waals surface area contributed by atoms with Crippen molar-refractivity contribution in [1.82, 2.24) is 4.90 Å². The fourth-order valence-electron chi connectivity index (χ4n) is 3.30. The van der Waals surface area contributed by atoms with E-state index < -0.39 is 0 Å². The number of piperidine rings is 1. The van der Waals surface area contributed by atoms with Crippen LogP contribution in [0.1, 0.15) is 62.7 Å². The van der Waals surface area contributed by atoms with Crippen molar-refractivity contribution in [1.29, 1.82) is 0 Å². The quantitative estimate of drug-likeness (QED) is 0.710. The van der Waals surface area contributed by atoms with Crippen LogP contribution in [-0.2, 0) is 0 Å². The zero-order chi connectivity index (χ0) is 17.4. The Labute approximate surface area is 146 Å². The number of carbonyl (C=O) groups is 1. The van der Waals surface area contributed by atoms with Gasteiger partial charge in [-0.2, -0.15) is 0 Å². The van der Waals surface area contributed by atoms with E-state index in [-0.39, 0.29) is 12.5 Å². The molecule has 1 amide bonds. The number of likely N-dealkylation sites (tertiary alicyclic amines) is 1. The Morgan fingerprint density at radius 1 is 1.33 bits per heavy atom. The Balaban J connectivity index is 1.91. The summed E-state index contributed by atoms with van der Waals surface area (Å²) < 4.78 is 0. The Bertz CT molecular complexity index is 510. The number of hydrogen-bond donors (Lipinski definition) is 2. The SMILES string of the molecule is CCCCCC(C)Nc1cccc(C(=O)N2CCC(CO)CC2)c1. The standard InChI is InChI=1S/C20H32N2O2/c1-3-4-5-7-16(2)21-19-9-6-8-18(14-19)20(24)22-12-10-17(15-23)11-13-22/h6,8-9,14,16-17,21,23H,3-5,7,10-13,15H2,1-2H3. The van der Waals surface area contributed by atoms with E-state index in [9.17, 15) is 9.90 Å². The molecule has 1 atom stereocenters. The molecule has 134 valence electrons. The summed E-state index contributed by atoms with van der Waals surface area (Å²) in [6, 6.07) is 8.27. The number of anilines is 1. The fourth-order valence-corrected chi connectivity index (χ4v) is 3.30. The molecule has 0 bridgehead atoms. The lowest BCUT2D eigenvalue weighted by molar-refractivity contribution is 0.0651. The van der Waals surface area contributed by atoms with Crippen molar-refractivity contribution in [2.45, 2.75) is 58.4 Å². The highest BCUT2D eigenvalue weighted by Crippen LogP contribution is 2.20. The minimum Gasteiger partial charge on any atom is -0.396 e. The number of nitrogens with zero attached hydrogens (tertiary/aromatic N) is 1. The van der Waals surface area contributed by atoms with Gasteiger partial charge in [-0.25, -0.2) is 0 Å². The lowest BCUT2D eigenvalue weighted by Gasteiger charge is -2.31. The molecule has 1 aromatic carbocycles. The van der Waals surface area contributed by atoms with Gasteiger partial charge in [0.25, 0.3) is 5.91 Å². The van der Waals surface area contributed by atoms with Gasteiger partial charge in [0.2, 0.25) is 0 Å². The van der Waals surface area contributed by atoms with Crippen molar-refractivity contribution < 1.29 is 9.90 Å². The average molecular weight is 332 g/mol. The molecule has 0 spiro atoms. The van der Waals surface area contributed by atoms with Gasteiger partial charge in [0.05, 0.1) is 0 Å². The molecule has 4 nitrogen and oxygen atoms in total. The number of aliphatic hydroxyl groups is 1. The smallest absolute Gasteiger partial charge is 0.253 e. The summed E-state index contributed by atoms with van der Waals surface area (Å²) in [5.74, 6) is 0.458. The third-order valence-corrected chi connectivity index (χ3v) is 4.92. The summed E-state index contributed by atoms with van der Waals surface area (Å²) in [6.45, 7) is 6.14. The second-order valence-electron chi connectivity index (χ2n) is 7.04. The molecule has 1 unspecified atom stereocenters. The Morgan fingerprint density at radius 3 is 2.75 bits per heavy atom. The van der Waals surface area contributed by atoms with Gasteiger partial charge in [0.15, 0.2) is 0 Å². The molecule has 1 saturated heterocycles. The molecular formula is C20H32N2O2. The first-order valence-corrected chi connectivity index (χ1v) is 9.40. The van der Waals surface area contributed by atoms with Gasteiger partial charge < -0.3 is 15.3 Å². The van der Waals surface area contributed by atoms with E-state index in [4.69, 9.17) is 0 Å². The van der Waals surface area contributed by atoms with E-state index >= 15 is 0 Å². The second kappa shape index (κ2) is 9.67. The lowest BCUT2D eigenvalue weighted by atomic mass is 9.97. The number of hydrogen-bond acceptors (Lipinski definition) is 3. The van der Waals surface area contributed by atoms with Crippen LogP contribution in [0.4, 0.5) is 5.69 Å². The Morgan fingerprint density at radius 2 is 2.08 bits per heavy atom. The predicted octanol–water partition coefficient (Wildman–Crippen LogP) is 3.91. The zero-order valence-electron chi connectivity index (χ0n) is 15.1. The molecule has 0 aliphatic carbocycles. The summed E-state index contributed by atoms with van der Waals surface area (Å²) in [4.78, 5) is 14.6. The first kappa shape index (κ1) is 18.8. The van der Waals surface area contributed by atoms with E-state index in [0.29, 0.717) is 12.0 Å². The normalized spacial score (nSPS) is 16.9. The van der Waals surface area contributed by atoms with E-state index in [1.54, 1.807) is 0 Å². The molecule has 1 aliphatic heterocycles. The van der Waals surface area contributed by atoms with Crippen LogP contribution in [-0.4, -0.2) is 41.7 Å². The minimum absolute atomic E-state index is 0.105. The molecular weight excluding hydrogens is 300 g/mol.